The fraction of sp³-hybridized carbons (Fsp3) is 0.208. The molecule has 0 unspecified atom stereocenters. The highest BCUT2D eigenvalue weighted by molar-refractivity contribution is 5.93. The van der Waals surface area contributed by atoms with Crippen LogP contribution in [0, 0.1) is 13.8 Å². The van der Waals surface area contributed by atoms with Gasteiger partial charge < -0.3 is 9.30 Å². The average molecular weight is 384 g/mol. The number of aromatic nitrogens is 3. The van der Waals surface area contributed by atoms with Crippen molar-refractivity contribution in [3.8, 4) is 0 Å². The van der Waals surface area contributed by atoms with E-state index in [1.165, 1.54) is 5.56 Å². The summed E-state index contributed by atoms with van der Waals surface area (Å²) in [7, 11) is 0. The number of imidazole rings is 1. The molecule has 0 saturated carbocycles. The Morgan fingerprint density at radius 2 is 1.79 bits per heavy atom. The Morgan fingerprint density at radius 3 is 2.55 bits per heavy atom. The molecule has 3 aromatic heterocycles. The molecule has 146 valence electrons. The van der Waals surface area contributed by atoms with Gasteiger partial charge in [-0.25, -0.2) is 4.98 Å². The van der Waals surface area contributed by atoms with E-state index in [2.05, 4.69) is 22.1 Å². The fourth-order valence-corrected chi connectivity index (χ4v) is 3.46. The molecule has 4 rings (SSSR count). The summed E-state index contributed by atoms with van der Waals surface area (Å²) >= 11 is 0. The predicted octanol–water partition coefficient (Wildman–Crippen LogP) is 4.23. The van der Waals surface area contributed by atoms with E-state index in [0.29, 0.717) is 18.8 Å². The van der Waals surface area contributed by atoms with Crippen LogP contribution in [0.15, 0.2) is 73.1 Å². The van der Waals surface area contributed by atoms with E-state index in [4.69, 9.17) is 0 Å². The highest BCUT2D eigenvalue weighted by Crippen LogP contribution is 2.14. The number of pyridine rings is 2. The maximum absolute atomic E-state index is 13.4. The minimum Gasteiger partial charge on any atom is -0.331 e. The molecular formula is C24H24N4O. The highest BCUT2D eigenvalue weighted by Gasteiger charge is 2.20. The number of benzene rings is 1. The molecule has 0 aliphatic heterocycles. The SMILES string of the molecule is Cc1cccc(CN(CCc2ccccc2)C(=O)c2cn3cccc(C)c3n2)n1. The van der Waals surface area contributed by atoms with Gasteiger partial charge in [0.25, 0.3) is 5.91 Å². The molecule has 5 heteroatoms. The van der Waals surface area contributed by atoms with Gasteiger partial charge in [0.2, 0.25) is 0 Å². The predicted molar refractivity (Wildman–Crippen MR) is 114 cm³/mol. The average Bonchev–Trinajstić information content (AvgIpc) is 3.17. The number of hydrogen-bond donors (Lipinski definition) is 0. The molecule has 0 N–H and O–H groups in total. The number of aryl methyl sites for hydroxylation is 2. The minimum absolute atomic E-state index is 0.0765. The lowest BCUT2D eigenvalue weighted by atomic mass is 10.1. The van der Waals surface area contributed by atoms with Crippen molar-refractivity contribution >= 4 is 11.6 Å². The topological polar surface area (TPSA) is 50.5 Å². The maximum atomic E-state index is 13.4. The van der Waals surface area contributed by atoms with Crippen LogP contribution >= 0.6 is 0 Å². The Bertz CT molecular complexity index is 1130. The van der Waals surface area contributed by atoms with Gasteiger partial charge in [-0.15, -0.1) is 0 Å². The summed E-state index contributed by atoms with van der Waals surface area (Å²) in [5, 5.41) is 0. The van der Waals surface area contributed by atoms with Crippen LogP contribution in [0.5, 0.6) is 0 Å². The Kier molecular flexibility index (Phi) is 5.38. The third-order valence-electron chi connectivity index (χ3n) is 5.00. The smallest absolute Gasteiger partial charge is 0.274 e. The van der Waals surface area contributed by atoms with E-state index in [1.54, 1.807) is 0 Å². The molecule has 0 aliphatic rings. The summed E-state index contributed by atoms with van der Waals surface area (Å²) in [5.41, 5.74) is 5.34. The Hall–Kier alpha value is -3.47. The minimum atomic E-state index is -0.0765. The molecule has 0 saturated heterocycles. The van der Waals surface area contributed by atoms with Crippen molar-refractivity contribution in [1.29, 1.82) is 0 Å². The Labute approximate surface area is 170 Å². The third kappa shape index (κ3) is 4.35. The van der Waals surface area contributed by atoms with Crippen molar-refractivity contribution in [3.63, 3.8) is 0 Å². The number of carbonyl (C=O) groups is 1. The van der Waals surface area contributed by atoms with Gasteiger partial charge in [0.05, 0.1) is 12.2 Å². The molecule has 1 aromatic carbocycles. The van der Waals surface area contributed by atoms with E-state index in [0.717, 1.165) is 29.0 Å². The van der Waals surface area contributed by atoms with Crippen LogP contribution in [0.3, 0.4) is 0 Å². The standard InChI is InChI=1S/C24H24N4O/c1-18-8-7-14-27-17-22(26-23(18)27)24(29)28(15-13-20-10-4-3-5-11-20)16-21-12-6-9-19(2)25-21/h3-12,14,17H,13,15-16H2,1-2H3. The van der Waals surface area contributed by atoms with Crippen molar-refractivity contribution in [3.05, 3.63) is 101 Å². The number of rotatable bonds is 6. The van der Waals surface area contributed by atoms with Gasteiger partial charge in [0.1, 0.15) is 11.3 Å². The first-order valence-electron chi connectivity index (χ1n) is 9.80. The molecule has 0 radical (unpaired) electrons. The quantitative estimate of drug-likeness (QED) is 0.500. The van der Waals surface area contributed by atoms with Gasteiger partial charge >= 0.3 is 0 Å². The van der Waals surface area contributed by atoms with Gasteiger partial charge in [-0.1, -0.05) is 42.5 Å². The summed E-state index contributed by atoms with van der Waals surface area (Å²) < 4.78 is 1.91. The summed E-state index contributed by atoms with van der Waals surface area (Å²) in [6.07, 6.45) is 4.51. The van der Waals surface area contributed by atoms with E-state index < -0.39 is 0 Å². The van der Waals surface area contributed by atoms with E-state index >= 15 is 0 Å². The lowest BCUT2D eigenvalue weighted by Crippen LogP contribution is -2.33. The number of fused-ring (bicyclic) bond motifs is 1. The van der Waals surface area contributed by atoms with Crippen molar-refractivity contribution in [2.75, 3.05) is 6.54 Å². The second kappa shape index (κ2) is 8.27. The number of hydrogen-bond acceptors (Lipinski definition) is 3. The van der Waals surface area contributed by atoms with Crippen LogP contribution in [-0.4, -0.2) is 31.7 Å². The van der Waals surface area contributed by atoms with Gasteiger partial charge in [-0.2, -0.15) is 0 Å². The lowest BCUT2D eigenvalue weighted by Gasteiger charge is -2.22. The molecule has 0 aliphatic carbocycles. The van der Waals surface area contributed by atoms with Crippen LogP contribution in [0.1, 0.15) is 33.0 Å². The van der Waals surface area contributed by atoms with Crippen molar-refractivity contribution in [2.45, 2.75) is 26.8 Å². The zero-order valence-corrected chi connectivity index (χ0v) is 16.7. The largest absolute Gasteiger partial charge is 0.331 e. The molecular weight excluding hydrogens is 360 g/mol. The molecule has 0 atom stereocenters. The van der Waals surface area contributed by atoms with E-state index in [9.17, 15) is 4.79 Å². The molecule has 4 aromatic rings. The van der Waals surface area contributed by atoms with Crippen LogP contribution in [-0.2, 0) is 13.0 Å². The summed E-state index contributed by atoms with van der Waals surface area (Å²) in [5.74, 6) is -0.0765. The Morgan fingerprint density at radius 1 is 0.966 bits per heavy atom. The molecule has 0 bridgehead atoms. The van der Waals surface area contributed by atoms with Crippen LogP contribution in [0.25, 0.3) is 5.65 Å². The van der Waals surface area contributed by atoms with Gasteiger partial charge in [-0.05, 0) is 49.6 Å². The summed E-state index contributed by atoms with van der Waals surface area (Å²) in [4.78, 5) is 24.4. The monoisotopic (exact) mass is 384 g/mol. The first kappa shape index (κ1) is 18.9. The first-order chi connectivity index (χ1) is 14.1. The number of nitrogens with zero attached hydrogens (tertiary/aromatic N) is 4. The van der Waals surface area contributed by atoms with Crippen molar-refractivity contribution < 1.29 is 4.79 Å². The zero-order chi connectivity index (χ0) is 20.2. The maximum Gasteiger partial charge on any atom is 0.274 e. The van der Waals surface area contributed by atoms with Gasteiger partial charge in [-0.3, -0.25) is 9.78 Å². The molecule has 1 amide bonds. The highest BCUT2D eigenvalue weighted by atomic mass is 16.2. The normalized spacial score (nSPS) is 11.0. The second-order valence-corrected chi connectivity index (χ2v) is 7.28. The number of amides is 1. The molecule has 0 fully saturated rings. The lowest BCUT2D eigenvalue weighted by molar-refractivity contribution is 0.0737. The number of carbonyl (C=O) groups excluding carboxylic acids is 1. The van der Waals surface area contributed by atoms with Crippen LogP contribution in [0.4, 0.5) is 0 Å². The first-order valence-corrected chi connectivity index (χ1v) is 9.80. The molecule has 5 nitrogen and oxygen atoms in total. The summed E-state index contributed by atoms with van der Waals surface area (Å²) in [6.45, 7) is 5.02. The van der Waals surface area contributed by atoms with Crippen molar-refractivity contribution in [2.24, 2.45) is 0 Å². The van der Waals surface area contributed by atoms with Gasteiger partial charge in [0, 0.05) is 24.6 Å². The molecule has 3 heterocycles. The van der Waals surface area contributed by atoms with Crippen LogP contribution in [0.2, 0.25) is 0 Å². The third-order valence-corrected chi connectivity index (χ3v) is 5.00. The second-order valence-electron chi connectivity index (χ2n) is 7.28. The van der Waals surface area contributed by atoms with Crippen LogP contribution < -0.4 is 0 Å². The van der Waals surface area contributed by atoms with Gasteiger partial charge in [0.15, 0.2) is 0 Å². The summed E-state index contributed by atoms with van der Waals surface area (Å²) in [6, 6.07) is 20.1. The van der Waals surface area contributed by atoms with E-state index in [1.807, 2.05) is 84.1 Å². The fourth-order valence-electron chi connectivity index (χ4n) is 3.46. The molecule has 0 spiro atoms. The molecule has 29 heavy (non-hydrogen) atoms. The van der Waals surface area contributed by atoms with E-state index in [-0.39, 0.29) is 5.91 Å². The Balaban J connectivity index is 1.61. The zero-order valence-electron chi connectivity index (χ0n) is 16.7. The van der Waals surface area contributed by atoms with Crippen molar-refractivity contribution in [1.82, 2.24) is 19.3 Å².